The second-order valence-corrected chi connectivity index (χ2v) is 6.64. The van der Waals surface area contributed by atoms with Crippen molar-refractivity contribution in [2.45, 2.75) is 19.3 Å². The summed E-state index contributed by atoms with van der Waals surface area (Å²) < 4.78 is 0. The number of aliphatic carboxylic acids is 1. The van der Waals surface area contributed by atoms with Crippen LogP contribution in [0, 0.1) is 5.41 Å². The SMILES string of the molecule is O=C(c1ccccc1)N1CCC[C@@](C/C=C/c2ccccc2)(C(=O)O)C1=O. The molecule has 3 rings (SSSR count). The molecule has 0 saturated carbocycles. The van der Waals surface area contributed by atoms with E-state index in [1.54, 1.807) is 42.5 Å². The van der Waals surface area contributed by atoms with Crippen LogP contribution in [0.1, 0.15) is 35.2 Å². The monoisotopic (exact) mass is 363 g/mol. The van der Waals surface area contributed by atoms with Crippen LogP contribution in [0.15, 0.2) is 66.7 Å². The molecule has 138 valence electrons. The number of piperidine rings is 1. The van der Waals surface area contributed by atoms with Gasteiger partial charge in [0.2, 0.25) is 5.91 Å². The first kappa shape index (κ1) is 18.6. The number of amides is 2. The van der Waals surface area contributed by atoms with Gasteiger partial charge < -0.3 is 5.11 Å². The molecular formula is C22H21NO4. The first-order valence-electron chi connectivity index (χ1n) is 8.91. The Morgan fingerprint density at radius 1 is 1.04 bits per heavy atom. The fourth-order valence-corrected chi connectivity index (χ4v) is 3.37. The summed E-state index contributed by atoms with van der Waals surface area (Å²) in [6.45, 7) is 0.240. The zero-order valence-electron chi connectivity index (χ0n) is 14.9. The summed E-state index contributed by atoms with van der Waals surface area (Å²) in [4.78, 5) is 38.9. The largest absolute Gasteiger partial charge is 0.480 e. The van der Waals surface area contributed by atoms with Crippen LogP contribution in [0.5, 0.6) is 0 Å². The van der Waals surface area contributed by atoms with Gasteiger partial charge in [-0.3, -0.25) is 19.3 Å². The summed E-state index contributed by atoms with van der Waals surface area (Å²) in [6.07, 6.45) is 4.25. The molecule has 5 nitrogen and oxygen atoms in total. The van der Waals surface area contributed by atoms with Gasteiger partial charge in [-0.25, -0.2) is 0 Å². The maximum atomic E-state index is 13.0. The van der Waals surface area contributed by atoms with Gasteiger partial charge in [0.25, 0.3) is 5.91 Å². The summed E-state index contributed by atoms with van der Waals surface area (Å²) in [5.41, 5.74) is -0.293. The van der Waals surface area contributed by atoms with E-state index >= 15 is 0 Å². The van der Waals surface area contributed by atoms with Crippen LogP contribution in [0.25, 0.3) is 6.08 Å². The van der Waals surface area contributed by atoms with Crippen molar-refractivity contribution in [2.75, 3.05) is 6.54 Å². The average Bonchev–Trinajstić information content (AvgIpc) is 2.70. The Kier molecular flexibility index (Phi) is 5.50. The molecule has 2 aromatic carbocycles. The van der Waals surface area contributed by atoms with Crippen molar-refractivity contribution in [1.29, 1.82) is 0 Å². The molecule has 0 radical (unpaired) electrons. The van der Waals surface area contributed by atoms with Crippen LogP contribution in [0.2, 0.25) is 0 Å². The van der Waals surface area contributed by atoms with E-state index in [2.05, 4.69) is 0 Å². The lowest BCUT2D eigenvalue weighted by Crippen LogP contribution is -2.54. The van der Waals surface area contributed by atoms with E-state index in [4.69, 9.17) is 0 Å². The first-order valence-corrected chi connectivity index (χ1v) is 8.91. The standard InChI is InChI=1S/C22H21NO4/c24-19(18-12-5-2-6-13-18)23-16-8-15-22(20(23)25,21(26)27)14-7-11-17-9-3-1-4-10-17/h1-7,9-13H,8,14-16H2,(H,26,27)/b11-7+/t22-/m1/s1. The molecule has 2 amide bonds. The molecule has 0 aliphatic carbocycles. The number of allylic oxidation sites excluding steroid dienone is 1. The second-order valence-electron chi connectivity index (χ2n) is 6.64. The lowest BCUT2D eigenvalue weighted by molar-refractivity contribution is -0.162. The summed E-state index contributed by atoms with van der Waals surface area (Å²) >= 11 is 0. The number of benzene rings is 2. The maximum absolute atomic E-state index is 13.0. The highest BCUT2D eigenvalue weighted by molar-refractivity contribution is 6.12. The van der Waals surface area contributed by atoms with Crippen LogP contribution >= 0.6 is 0 Å². The predicted molar refractivity (Wildman–Crippen MR) is 102 cm³/mol. The predicted octanol–water partition coefficient (Wildman–Crippen LogP) is 3.62. The average molecular weight is 363 g/mol. The van der Waals surface area contributed by atoms with Gasteiger partial charge in [-0.1, -0.05) is 60.7 Å². The zero-order valence-corrected chi connectivity index (χ0v) is 14.9. The van der Waals surface area contributed by atoms with Gasteiger partial charge >= 0.3 is 5.97 Å². The van der Waals surface area contributed by atoms with E-state index in [9.17, 15) is 19.5 Å². The third kappa shape index (κ3) is 3.82. The highest BCUT2D eigenvalue weighted by Crippen LogP contribution is 2.36. The fraction of sp³-hybridized carbons (Fsp3) is 0.227. The number of carboxylic acids is 1. The van der Waals surface area contributed by atoms with E-state index in [0.717, 1.165) is 10.5 Å². The fourth-order valence-electron chi connectivity index (χ4n) is 3.37. The molecule has 1 saturated heterocycles. The Bertz CT molecular complexity index is 860. The van der Waals surface area contributed by atoms with Crippen LogP contribution in [0.4, 0.5) is 0 Å². The number of imide groups is 1. The van der Waals surface area contributed by atoms with Gasteiger partial charge in [-0.15, -0.1) is 0 Å². The van der Waals surface area contributed by atoms with Crippen molar-refractivity contribution in [3.63, 3.8) is 0 Å². The van der Waals surface area contributed by atoms with E-state index in [-0.39, 0.29) is 19.4 Å². The zero-order chi connectivity index (χ0) is 19.3. The van der Waals surface area contributed by atoms with Crippen molar-refractivity contribution in [2.24, 2.45) is 5.41 Å². The topological polar surface area (TPSA) is 74.7 Å². The van der Waals surface area contributed by atoms with Gasteiger partial charge in [-0.05, 0) is 37.0 Å². The highest BCUT2D eigenvalue weighted by Gasteiger charge is 2.51. The number of carboxylic acid groups (broad SMARTS) is 1. The van der Waals surface area contributed by atoms with Crippen LogP contribution in [-0.2, 0) is 9.59 Å². The third-order valence-electron chi connectivity index (χ3n) is 4.89. The molecule has 1 N–H and O–H groups in total. The summed E-state index contributed by atoms with van der Waals surface area (Å²) in [5, 5.41) is 9.83. The van der Waals surface area contributed by atoms with Gasteiger partial charge in [0, 0.05) is 12.1 Å². The normalized spacial score (nSPS) is 20.0. The molecule has 1 atom stereocenters. The van der Waals surface area contributed by atoms with Gasteiger partial charge in [0.15, 0.2) is 5.41 Å². The molecule has 0 bridgehead atoms. The number of carbonyl (C=O) groups is 3. The Morgan fingerprint density at radius 2 is 1.67 bits per heavy atom. The number of nitrogens with zero attached hydrogens (tertiary/aromatic N) is 1. The lowest BCUT2D eigenvalue weighted by Gasteiger charge is -2.37. The summed E-state index contributed by atoms with van der Waals surface area (Å²) in [5.74, 6) is -2.26. The van der Waals surface area contributed by atoms with Crippen molar-refractivity contribution in [3.8, 4) is 0 Å². The molecule has 0 spiro atoms. The van der Waals surface area contributed by atoms with Crippen molar-refractivity contribution in [1.82, 2.24) is 4.90 Å². The Labute approximate surface area is 157 Å². The molecule has 1 heterocycles. The van der Waals surface area contributed by atoms with Crippen molar-refractivity contribution >= 4 is 23.9 Å². The molecule has 1 aliphatic rings. The third-order valence-corrected chi connectivity index (χ3v) is 4.89. The van der Waals surface area contributed by atoms with Crippen LogP contribution < -0.4 is 0 Å². The number of rotatable bonds is 5. The first-order chi connectivity index (χ1) is 13.0. The number of carbonyl (C=O) groups excluding carboxylic acids is 2. The van der Waals surface area contributed by atoms with Gasteiger partial charge in [0.05, 0.1) is 0 Å². The molecule has 0 aromatic heterocycles. The molecule has 0 unspecified atom stereocenters. The smallest absolute Gasteiger partial charge is 0.319 e. The highest BCUT2D eigenvalue weighted by atomic mass is 16.4. The minimum atomic E-state index is -1.60. The van der Waals surface area contributed by atoms with E-state index in [1.807, 2.05) is 30.3 Å². The molecule has 1 fully saturated rings. The van der Waals surface area contributed by atoms with E-state index in [1.165, 1.54) is 0 Å². The summed E-state index contributed by atoms with van der Waals surface area (Å²) in [6, 6.07) is 17.9. The van der Waals surface area contributed by atoms with Crippen LogP contribution in [0.3, 0.4) is 0 Å². The lowest BCUT2D eigenvalue weighted by atomic mass is 9.76. The van der Waals surface area contributed by atoms with Crippen molar-refractivity contribution < 1.29 is 19.5 Å². The Balaban J connectivity index is 1.84. The molecule has 27 heavy (non-hydrogen) atoms. The quantitative estimate of drug-likeness (QED) is 0.650. The number of hydrogen-bond donors (Lipinski definition) is 1. The molecule has 1 aliphatic heterocycles. The van der Waals surface area contributed by atoms with E-state index < -0.39 is 23.2 Å². The van der Waals surface area contributed by atoms with E-state index in [0.29, 0.717) is 12.0 Å². The van der Waals surface area contributed by atoms with Crippen LogP contribution in [-0.4, -0.2) is 34.3 Å². The molecule has 2 aromatic rings. The summed E-state index contributed by atoms with van der Waals surface area (Å²) in [7, 11) is 0. The number of likely N-dealkylation sites (tertiary alicyclic amines) is 1. The Morgan fingerprint density at radius 3 is 2.30 bits per heavy atom. The minimum absolute atomic E-state index is 0.0502. The van der Waals surface area contributed by atoms with Crippen molar-refractivity contribution in [3.05, 3.63) is 77.9 Å². The Hall–Kier alpha value is -3.21. The van der Waals surface area contributed by atoms with Gasteiger partial charge in [-0.2, -0.15) is 0 Å². The maximum Gasteiger partial charge on any atom is 0.319 e. The molecular weight excluding hydrogens is 342 g/mol. The minimum Gasteiger partial charge on any atom is -0.480 e. The van der Waals surface area contributed by atoms with Gasteiger partial charge in [0.1, 0.15) is 0 Å². The number of hydrogen-bond acceptors (Lipinski definition) is 3. The molecule has 5 heteroatoms. The second kappa shape index (κ2) is 7.99.